The molecule has 0 spiro atoms. The molecule has 2 amide bonds. The number of hydrogen-bond acceptors (Lipinski definition) is 6. The minimum Gasteiger partial charge on any atom is -0.378 e. The van der Waals surface area contributed by atoms with E-state index >= 15 is 0 Å². The van der Waals surface area contributed by atoms with Gasteiger partial charge in [-0.25, -0.2) is 4.68 Å². The molecule has 4 aromatic rings. The van der Waals surface area contributed by atoms with Crippen LogP contribution >= 0.6 is 0 Å². The second kappa shape index (κ2) is 12.2. The molecule has 43 heavy (non-hydrogen) atoms. The van der Waals surface area contributed by atoms with E-state index in [-0.39, 0.29) is 22.8 Å². The highest BCUT2D eigenvalue weighted by molar-refractivity contribution is 6.05. The molecule has 1 aromatic heterocycles. The molecule has 1 aliphatic rings. The van der Waals surface area contributed by atoms with Gasteiger partial charge >= 0.3 is 0 Å². The highest BCUT2D eigenvalue weighted by Crippen LogP contribution is 2.29. The van der Waals surface area contributed by atoms with Crippen molar-refractivity contribution in [2.24, 2.45) is 7.05 Å². The van der Waals surface area contributed by atoms with Crippen molar-refractivity contribution in [1.82, 2.24) is 14.7 Å². The van der Waals surface area contributed by atoms with Crippen molar-refractivity contribution in [1.29, 1.82) is 0 Å². The number of nitrogens with zero attached hydrogens (tertiary/aromatic N) is 3. The number of carbonyl (C=O) groups excluding carboxylic acids is 2. The van der Waals surface area contributed by atoms with Crippen LogP contribution in [-0.2, 0) is 17.2 Å². The SMILES string of the molecule is Cc1c(NC(=O)c2ccc(C(C)(C)C)cc2)cccc1-c1cc(Nc2ccc(C(=O)N3CCOCC3)cc2)c(=O)n(C)n1. The third kappa shape index (κ3) is 6.67. The Kier molecular flexibility index (Phi) is 8.45. The molecular weight excluding hydrogens is 542 g/mol. The second-order valence-corrected chi connectivity index (χ2v) is 11.7. The van der Waals surface area contributed by atoms with Gasteiger partial charge in [0.05, 0.1) is 18.9 Å². The fourth-order valence-electron chi connectivity index (χ4n) is 5.00. The average Bonchev–Trinajstić information content (AvgIpc) is 3.00. The zero-order valence-electron chi connectivity index (χ0n) is 25.2. The number of benzene rings is 3. The Labute approximate surface area is 251 Å². The molecule has 1 saturated heterocycles. The lowest BCUT2D eigenvalue weighted by Crippen LogP contribution is -2.40. The van der Waals surface area contributed by atoms with Gasteiger partial charge in [-0.05, 0) is 72.0 Å². The molecule has 1 fully saturated rings. The number of amides is 2. The number of carbonyl (C=O) groups is 2. The number of anilines is 3. The van der Waals surface area contributed by atoms with E-state index in [2.05, 4.69) is 36.5 Å². The molecule has 5 rings (SSSR count). The lowest BCUT2D eigenvalue weighted by molar-refractivity contribution is 0.0303. The summed E-state index contributed by atoms with van der Waals surface area (Å²) >= 11 is 0. The first-order valence-corrected chi connectivity index (χ1v) is 14.4. The van der Waals surface area contributed by atoms with Gasteiger partial charge < -0.3 is 20.3 Å². The molecule has 2 heterocycles. The van der Waals surface area contributed by atoms with Gasteiger partial charge in [-0.2, -0.15) is 5.10 Å². The topological polar surface area (TPSA) is 106 Å². The van der Waals surface area contributed by atoms with Crippen molar-refractivity contribution < 1.29 is 14.3 Å². The number of rotatable bonds is 6. The summed E-state index contributed by atoms with van der Waals surface area (Å²) in [6.45, 7) is 10.5. The highest BCUT2D eigenvalue weighted by Gasteiger charge is 2.19. The molecule has 0 atom stereocenters. The Morgan fingerprint density at radius 3 is 2.19 bits per heavy atom. The molecule has 0 aliphatic carbocycles. The summed E-state index contributed by atoms with van der Waals surface area (Å²) in [5, 5.41) is 10.7. The van der Waals surface area contributed by atoms with Crippen LogP contribution in [0.5, 0.6) is 0 Å². The normalized spacial score (nSPS) is 13.5. The largest absolute Gasteiger partial charge is 0.378 e. The van der Waals surface area contributed by atoms with Crippen molar-refractivity contribution >= 4 is 28.9 Å². The van der Waals surface area contributed by atoms with Crippen molar-refractivity contribution in [3.05, 3.63) is 105 Å². The lowest BCUT2D eigenvalue weighted by Gasteiger charge is -2.26. The third-order valence-corrected chi connectivity index (χ3v) is 7.64. The molecule has 0 saturated carbocycles. The van der Waals surface area contributed by atoms with Gasteiger partial charge in [-0.15, -0.1) is 0 Å². The molecule has 0 bridgehead atoms. The molecule has 9 nitrogen and oxygen atoms in total. The summed E-state index contributed by atoms with van der Waals surface area (Å²) in [6, 6.07) is 22.0. The zero-order chi connectivity index (χ0) is 30.7. The molecule has 9 heteroatoms. The number of hydrogen-bond donors (Lipinski definition) is 2. The van der Waals surface area contributed by atoms with Gasteiger partial charge in [0.1, 0.15) is 5.69 Å². The van der Waals surface area contributed by atoms with E-state index in [0.29, 0.717) is 60.2 Å². The van der Waals surface area contributed by atoms with Crippen molar-refractivity contribution in [3.63, 3.8) is 0 Å². The predicted molar refractivity (Wildman–Crippen MR) is 169 cm³/mol. The van der Waals surface area contributed by atoms with Crippen LogP contribution in [0.2, 0.25) is 0 Å². The van der Waals surface area contributed by atoms with Crippen molar-refractivity contribution in [2.45, 2.75) is 33.1 Å². The van der Waals surface area contributed by atoms with Crippen LogP contribution in [0.25, 0.3) is 11.3 Å². The maximum Gasteiger partial charge on any atom is 0.290 e. The van der Waals surface area contributed by atoms with Gasteiger partial charge in [-0.3, -0.25) is 14.4 Å². The molecule has 222 valence electrons. The fourth-order valence-corrected chi connectivity index (χ4v) is 5.00. The van der Waals surface area contributed by atoms with Crippen LogP contribution in [0.1, 0.15) is 52.6 Å². The van der Waals surface area contributed by atoms with E-state index in [1.165, 1.54) is 4.68 Å². The van der Waals surface area contributed by atoms with E-state index in [1.807, 2.05) is 49.4 Å². The number of ether oxygens (including phenoxy) is 1. The van der Waals surface area contributed by atoms with Gasteiger partial charge in [0.15, 0.2) is 0 Å². The monoisotopic (exact) mass is 579 g/mol. The molecular formula is C34H37N5O4. The Hall–Kier alpha value is -4.76. The first kappa shape index (κ1) is 29.7. The Morgan fingerprint density at radius 1 is 0.884 bits per heavy atom. The van der Waals surface area contributed by atoms with Crippen LogP contribution in [0.3, 0.4) is 0 Å². The minimum absolute atomic E-state index is 0.00193. The van der Waals surface area contributed by atoms with Gasteiger partial charge in [0.2, 0.25) is 0 Å². The van der Waals surface area contributed by atoms with E-state index in [1.54, 1.807) is 42.3 Å². The van der Waals surface area contributed by atoms with Crippen LogP contribution < -0.4 is 16.2 Å². The summed E-state index contributed by atoms with van der Waals surface area (Å²) in [5.41, 5.74) is 5.87. The van der Waals surface area contributed by atoms with Crippen molar-refractivity contribution in [3.8, 4) is 11.3 Å². The Balaban J connectivity index is 1.35. The molecule has 0 unspecified atom stereocenters. The van der Waals surface area contributed by atoms with Gasteiger partial charge in [0.25, 0.3) is 17.4 Å². The zero-order valence-corrected chi connectivity index (χ0v) is 25.2. The van der Waals surface area contributed by atoms with Gasteiger partial charge in [-0.1, -0.05) is 45.0 Å². The molecule has 0 radical (unpaired) electrons. The first-order chi connectivity index (χ1) is 20.5. The average molecular weight is 580 g/mol. The van der Waals surface area contributed by atoms with Crippen LogP contribution in [0, 0.1) is 6.92 Å². The van der Waals surface area contributed by atoms with Crippen LogP contribution in [0.15, 0.2) is 77.6 Å². The maximum atomic E-state index is 13.1. The summed E-state index contributed by atoms with van der Waals surface area (Å²) in [5.74, 6) is -0.242. The highest BCUT2D eigenvalue weighted by atomic mass is 16.5. The molecule has 1 aliphatic heterocycles. The standard InChI is InChI=1S/C34H37N5O4/c1-22-27(7-6-8-28(22)36-31(40)23-9-13-25(14-10-23)34(2,3)4)29-21-30(33(42)38(5)37-29)35-26-15-11-24(12-16-26)32(41)39-17-19-43-20-18-39/h6-16,21,35H,17-20H2,1-5H3,(H,36,40). The summed E-state index contributed by atoms with van der Waals surface area (Å²) in [6.07, 6.45) is 0. The van der Waals surface area contributed by atoms with E-state index in [4.69, 9.17) is 4.74 Å². The summed E-state index contributed by atoms with van der Waals surface area (Å²) in [7, 11) is 1.60. The lowest BCUT2D eigenvalue weighted by atomic mass is 9.86. The number of aryl methyl sites for hydroxylation is 1. The van der Waals surface area contributed by atoms with Crippen molar-refractivity contribution in [2.75, 3.05) is 36.9 Å². The number of aromatic nitrogens is 2. The quantitative estimate of drug-likeness (QED) is 0.312. The number of morpholine rings is 1. The Morgan fingerprint density at radius 2 is 1.53 bits per heavy atom. The minimum atomic E-state index is -0.293. The predicted octanol–water partition coefficient (Wildman–Crippen LogP) is 5.52. The summed E-state index contributed by atoms with van der Waals surface area (Å²) < 4.78 is 6.62. The smallest absolute Gasteiger partial charge is 0.290 e. The van der Waals surface area contributed by atoms with Crippen LogP contribution in [0.4, 0.5) is 17.1 Å². The molecule has 3 aromatic carbocycles. The fraction of sp³-hybridized carbons (Fsp3) is 0.294. The summed E-state index contributed by atoms with van der Waals surface area (Å²) in [4.78, 5) is 40.6. The molecule has 2 N–H and O–H groups in total. The number of nitrogens with one attached hydrogen (secondary N) is 2. The third-order valence-electron chi connectivity index (χ3n) is 7.64. The van der Waals surface area contributed by atoms with E-state index in [0.717, 1.165) is 16.7 Å². The van der Waals surface area contributed by atoms with Gasteiger partial charge in [0, 0.05) is 48.2 Å². The Bertz CT molecular complexity index is 1700. The second-order valence-electron chi connectivity index (χ2n) is 11.7. The van der Waals surface area contributed by atoms with E-state index < -0.39 is 0 Å². The van der Waals surface area contributed by atoms with E-state index in [9.17, 15) is 14.4 Å². The first-order valence-electron chi connectivity index (χ1n) is 14.4. The van der Waals surface area contributed by atoms with Crippen LogP contribution in [-0.4, -0.2) is 52.8 Å². The maximum absolute atomic E-state index is 13.1.